The molecule has 4 bridgehead atoms. The molecule has 0 aliphatic carbocycles. The van der Waals surface area contributed by atoms with E-state index < -0.39 is 12.1 Å². The van der Waals surface area contributed by atoms with Gasteiger partial charge >= 0.3 is 0 Å². The Morgan fingerprint density at radius 2 is 1.57 bits per heavy atom. The lowest BCUT2D eigenvalue weighted by Crippen LogP contribution is -2.44. The lowest BCUT2D eigenvalue weighted by atomic mass is 10.0. The largest absolute Gasteiger partial charge is 0.351 e. The Morgan fingerprint density at radius 3 is 2.23 bits per heavy atom. The third-order valence-corrected chi connectivity index (χ3v) is 9.08. The molecule has 3 atom stereocenters. The molecule has 44 heavy (non-hydrogen) atoms. The molecule has 0 fully saturated rings. The average molecular weight is 640 g/mol. The van der Waals surface area contributed by atoms with Crippen LogP contribution in [0.1, 0.15) is 95.1 Å². The van der Waals surface area contributed by atoms with Crippen molar-refractivity contribution < 1.29 is 19.2 Å². The number of aromatic nitrogens is 2. The Labute approximate surface area is 266 Å². The second kappa shape index (κ2) is 15.9. The number of thiazole rings is 2. The van der Waals surface area contributed by atoms with Crippen molar-refractivity contribution in [2.75, 3.05) is 19.6 Å². The van der Waals surface area contributed by atoms with Crippen LogP contribution in [0.3, 0.4) is 0 Å². The maximum Gasteiger partial charge on any atom is 0.271 e. The van der Waals surface area contributed by atoms with Crippen LogP contribution in [0.4, 0.5) is 0 Å². The molecule has 1 aliphatic rings. The number of fused-ring (bicyclic) bond motifs is 4. The SMILES string of the molecule is CC(C)C[C@@H]1NC(=O)CCCN(C(=O)[C@@H](C)N)CCCNC(=O)c2csc(n2)[C@H](Cc2ccccc2)NC(=O)c2csc1n2. The fourth-order valence-corrected chi connectivity index (χ4v) is 6.67. The van der Waals surface area contributed by atoms with E-state index >= 15 is 0 Å². The van der Waals surface area contributed by atoms with E-state index in [1.54, 1.807) is 22.6 Å². The van der Waals surface area contributed by atoms with E-state index in [9.17, 15) is 19.2 Å². The van der Waals surface area contributed by atoms with Gasteiger partial charge in [0.15, 0.2) is 0 Å². The Kier molecular flexibility index (Phi) is 12.0. The summed E-state index contributed by atoms with van der Waals surface area (Å²) < 4.78 is 0. The van der Waals surface area contributed by atoms with Gasteiger partial charge in [-0.3, -0.25) is 19.2 Å². The van der Waals surface area contributed by atoms with Gasteiger partial charge in [0.05, 0.1) is 18.1 Å². The third kappa shape index (κ3) is 9.41. The predicted octanol–water partition coefficient (Wildman–Crippen LogP) is 3.61. The summed E-state index contributed by atoms with van der Waals surface area (Å²) >= 11 is 2.65. The zero-order valence-electron chi connectivity index (χ0n) is 25.4. The molecule has 1 aromatic carbocycles. The molecule has 5 N–H and O–H groups in total. The minimum Gasteiger partial charge on any atom is -0.351 e. The van der Waals surface area contributed by atoms with Gasteiger partial charge in [0.25, 0.3) is 11.8 Å². The highest BCUT2D eigenvalue weighted by Gasteiger charge is 2.26. The van der Waals surface area contributed by atoms with Gasteiger partial charge < -0.3 is 26.6 Å². The minimum atomic E-state index is -0.670. The maximum atomic E-state index is 13.5. The van der Waals surface area contributed by atoms with Crippen LogP contribution in [0.15, 0.2) is 41.1 Å². The molecular formula is C31H41N7O4S2. The number of carbonyl (C=O) groups excluding carboxylic acids is 4. The first-order chi connectivity index (χ1) is 21.1. The van der Waals surface area contributed by atoms with E-state index in [1.807, 2.05) is 30.3 Å². The number of hydrogen-bond acceptors (Lipinski definition) is 9. The number of hydrogen-bond donors (Lipinski definition) is 4. The number of nitrogens with two attached hydrogens (primary N) is 1. The molecule has 4 amide bonds. The first-order valence-corrected chi connectivity index (χ1v) is 16.7. The molecule has 0 saturated carbocycles. The van der Waals surface area contributed by atoms with E-state index in [0.29, 0.717) is 55.3 Å². The Hall–Kier alpha value is -3.68. The molecule has 0 saturated heterocycles. The summed E-state index contributed by atoms with van der Waals surface area (Å²) in [4.78, 5) is 63.0. The van der Waals surface area contributed by atoms with E-state index in [0.717, 1.165) is 5.56 Å². The van der Waals surface area contributed by atoms with Crippen molar-refractivity contribution in [2.45, 2.75) is 71.0 Å². The number of nitrogens with zero attached hydrogens (tertiary/aromatic N) is 3. The third-order valence-electron chi connectivity index (χ3n) is 7.16. The molecule has 1 aliphatic heterocycles. The van der Waals surface area contributed by atoms with Crippen molar-refractivity contribution in [3.8, 4) is 0 Å². The van der Waals surface area contributed by atoms with Crippen molar-refractivity contribution in [3.05, 3.63) is 68.1 Å². The highest BCUT2D eigenvalue weighted by Crippen LogP contribution is 2.27. The van der Waals surface area contributed by atoms with Crippen LogP contribution in [-0.2, 0) is 16.0 Å². The topological polar surface area (TPSA) is 159 Å². The number of benzene rings is 1. The highest BCUT2D eigenvalue weighted by atomic mass is 32.1. The second-order valence-electron chi connectivity index (χ2n) is 11.4. The van der Waals surface area contributed by atoms with Crippen LogP contribution in [0.5, 0.6) is 0 Å². The van der Waals surface area contributed by atoms with Gasteiger partial charge in [0.1, 0.15) is 21.4 Å². The monoisotopic (exact) mass is 639 g/mol. The van der Waals surface area contributed by atoms with Crippen molar-refractivity contribution in [3.63, 3.8) is 0 Å². The van der Waals surface area contributed by atoms with E-state index in [4.69, 9.17) is 5.73 Å². The quantitative estimate of drug-likeness (QED) is 0.332. The Bertz CT molecular complexity index is 1420. The number of nitrogens with one attached hydrogen (secondary N) is 3. The molecule has 0 unspecified atom stereocenters. The highest BCUT2D eigenvalue weighted by molar-refractivity contribution is 7.10. The lowest BCUT2D eigenvalue weighted by molar-refractivity contribution is -0.132. The summed E-state index contributed by atoms with van der Waals surface area (Å²) in [7, 11) is 0. The molecule has 3 aromatic rings. The maximum absolute atomic E-state index is 13.5. The Morgan fingerprint density at radius 1 is 0.932 bits per heavy atom. The Balaban J connectivity index is 1.62. The predicted molar refractivity (Wildman–Crippen MR) is 171 cm³/mol. The molecule has 236 valence electrons. The molecule has 4 rings (SSSR count). The van der Waals surface area contributed by atoms with Crippen LogP contribution >= 0.6 is 22.7 Å². The van der Waals surface area contributed by atoms with Crippen molar-refractivity contribution in [1.29, 1.82) is 0 Å². The van der Waals surface area contributed by atoms with E-state index in [-0.39, 0.29) is 53.4 Å². The van der Waals surface area contributed by atoms with E-state index in [2.05, 4.69) is 39.8 Å². The summed E-state index contributed by atoms with van der Waals surface area (Å²) in [5, 5.41) is 13.7. The minimum absolute atomic E-state index is 0.148. The van der Waals surface area contributed by atoms with Crippen LogP contribution in [-0.4, -0.2) is 64.2 Å². The first-order valence-electron chi connectivity index (χ1n) is 15.0. The smallest absolute Gasteiger partial charge is 0.271 e. The summed E-state index contributed by atoms with van der Waals surface area (Å²) in [5.74, 6) is -0.751. The molecule has 3 heterocycles. The van der Waals surface area contributed by atoms with Gasteiger partial charge in [-0.25, -0.2) is 9.97 Å². The van der Waals surface area contributed by atoms with Gasteiger partial charge in [0, 0.05) is 36.8 Å². The molecule has 11 nitrogen and oxygen atoms in total. The molecule has 0 radical (unpaired) electrons. The lowest BCUT2D eigenvalue weighted by Gasteiger charge is -2.25. The molecule has 0 spiro atoms. The van der Waals surface area contributed by atoms with Crippen LogP contribution in [0.2, 0.25) is 0 Å². The van der Waals surface area contributed by atoms with Gasteiger partial charge in [-0.2, -0.15) is 0 Å². The zero-order chi connectivity index (χ0) is 31.6. The second-order valence-corrected chi connectivity index (χ2v) is 13.2. The summed E-state index contributed by atoms with van der Waals surface area (Å²) in [5.41, 5.74) is 7.42. The molecule has 2 aromatic heterocycles. The molecular weight excluding hydrogens is 599 g/mol. The fourth-order valence-electron chi connectivity index (χ4n) is 4.96. The van der Waals surface area contributed by atoms with Crippen LogP contribution in [0.25, 0.3) is 0 Å². The summed E-state index contributed by atoms with van der Waals surface area (Å²) in [6.07, 6.45) is 2.34. The summed E-state index contributed by atoms with van der Waals surface area (Å²) in [6, 6.07) is 8.26. The number of rotatable bonds is 5. The molecule has 13 heteroatoms. The fraction of sp³-hybridized carbons (Fsp3) is 0.484. The van der Waals surface area contributed by atoms with Crippen LogP contribution in [0, 0.1) is 5.92 Å². The normalized spacial score (nSPS) is 19.8. The van der Waals surface area contributed by atoms with Gasteiger partial charge in [-0.1, -0.05) is 44.2 Å². The zero-order valence-corrected chi connectivity index (χ0v) is 27.0. The number of amides is 4. The van der Waals surface area contributed by atoms with E-state index in [1.165, 1.54) is 22.7 Å². The first kappa shape index (κ1) is 33.2. The van der Waals surface area contributed by atoms with Crippen molar-refractivity contribution in [2.24, 2.45) is 11.7 Å². The number of carbonyl (C=O) groups is 4. The van der Waals surface area contributed by atoms with Crippen molar-refractivity contribution >= 4 is 46.3 Å². The van der Waals surface area contributed by atoms with Gasteiger partial charge in [0.2, 0.25) is 11.8 Å². The van der Waals surface area contributed by atoms with Gasteiger partial charge in [-0.05, 0) is 44.1 Å². The average Bonchev–Trinajstić information content (AvgIpc) is 3.68. The van der Waals surface area contributed by atoms with Crippen molar-refractivity contribution in [1.82, 2.24) is 30.8 Å². The van der Waals surface area contributed by atoms with Crippen LogP contribution < -0.4 is 21.7 Å². The summed E-state index contributed by atoms with van der Waals surface area (Å²) in [6.45, 7) is 6.88. The standard InChI is InChI=1S/C31H41N7O4S2/c1-19(2)15-22-29-37-25(18-44-29)28(41)35-23(16-21-9-5-4-6-10-21)30-36-24(17-43-30)27(40)33-12-8-14-38(31(42)20(3)32)13-7-11-26(39)34-22/h4-6,9-10,17-20,22-23H,7-8,11-16,32H2,1-3H3,(H,33,40)(H,34,39)(H,35,41)/t20-,22+,23+/m1/s1. The van der Waals surface area contributed by atoms with Gasteiger partial charge in [-0.15, -0.1) is 22.7 Å².